The molecule has 0 aromatic heterocycles. The quantitative estimate of drug-likeness (QED) is 0.0222. The molecule has 88 heavy (non-hydrogen) atoms. The zero-order chi connectivity index (χ0) is 65.4. The van der Waals surface area contributed by atoms with E-state index in [1.807, 2.05) is 0 Å². The van der Waals surface area contributed by atoms with Gasteiger partial charge < -0.3 is 33.8 Å². The van der Waals surface area contributed by atoms with Crippen LogP contribution < -0.4 is 0 Å². The van der Waals surface area contributed by atoms with Crippen molar-refractivity contribution in [1.82, 2.24) is 0 Å². The average molecular weight is 1300 g/mol. The molecular weight excluding hydrogens is 1160 g/mol. The molecule has 0 radical (unpaired) electrons. The minimum atomic E-state index is -4.95. The Morgan fingerprint density at radius 3 is 0.807 bits per heavy atom. The Bertz CT molecular complexity index is 1750. The molecule has 0 rings (SSSR count). The Labute approximate surface area is 537 Å². The van der Waals surface area contributed by atoms with E-state index in [1.54, 1.807) is 0 Å². The first-order valence-electron chi connectivity index (χ1n) is 35.7. The first-order valence-corrected chi connectivity index (χ1v) is 38.7. The van der Waals surface area contributed by atoms with E-state index < -0.39 is 97.5 Å². The van der Waals surface area contributed by atoms with Crippen LogP contribution in [-0.2, 0) is 65.4 Å². The summed E-state index contributed by atoms with van der Waals surface area (Å²) < 4.78 is 68.2. The minimum absolute atomic E-state index is 0.101. The fraction of sp³-hybridized carbons (Fsp3) is 0.942. The average Bonchev–Trinajstić information content (AvgIpc) is 3.55. The van der Waals surface area contributed by atoms with Gasteiger partial charge in [-0.3, -0.25) is 37.3 Å². The number of aliphatic hydroxyl groups excluding tert-OH is 1. The van der Waals surface area contributed by atoms with E-state index in [2.05, 4.69) is 55.4 Å². The fourth-order valence-electron chi connectivity index (χ4n) is 10.3. The van der Waals surface area contributed by atoms with Crippen LogP contribution in [0.2, 0.25) is 0 Å². The molecule has 0 aliphatic heterocycles. The standard InChI is InChI=1S/C69H134O17P2/c1-9-62(8)48-40-32-26-28-34-42-50-67(72)80-56-64(85-68(73)51-43-35-24-20-14-12-10-11-13-17-21-29-37-45-59(2)3)57-83-87(75,76)81-53-63(70)54-82-88(77,78)84-58-65(86-69(74)52-44-36-27-25-31-39-47-61(6)7)55-79-66(71)49-41-33-23-19-16-15-18-22-30-38-46-60(4)5/h59-65,70H,9-58H2,1-8H3,(H,75,76)(H,77,78)/t62?,63-,64+,65+/m0/s1. The molecule has 0 spiro atoms. The van der Waals surface area contributed by atoms with Gasteiger partial charge in [0.05, 0.1) is 26.4 Å². The zero-order valence-electron chi connectivity index (χ0n) is 57.3. The van der Waals surface area contributed by atoms with Crippen molar-refractivity contribution in [2.45, 2.75) is 356 Å². The molecule has 3 N–H and O–H groups in total. The second kappa shape index (κ2) is 58.8. The number of ether oxygens (including phenoxy) is 4. The van der Waals surface area contributed by atoms with Crippen LogP contribution in [0.5, 0.6) is 0 Å². The highest BCUT2D eigenvalue weighted by atomic mass is 31.2. The molecule has 0 aromatic rings. The number of esters is 4. The van der Waals surface area contributed by atoms with Crippen molar-refractivity contribution < 1.29 is 80.2 Å². The molecular formula is C69H134O17P2. The highest BCUT2D eigenvalue weighted by Gasteiger charge is 2.30. The summed E-state index contributed by atoms with van der Waals surface area (Å²) in [6.07, 6.45) is 40.5. The summed E-state index contributed by atoms with van der Waals surface area (Å²) in [5.74, 6) is 0.810. The molecule has 522 valence electrons. The second-order valence-corrected chi connectivity index (χ2v) is 29.5. The third kappa shape index (κ3) is 61.6. The summed E-state index contributed by atoms with van der Waals surface area (Å²) in [5, 5.41) is 10.6. The molecule has 0 fully saturated rings. The van der Waals surface area contributed by atoms with Gasteiger partial charge in [-0.1, -0.05) is 287 Å². The molecule has 0 heterocycles. The van der Waals surface area contributed by atoms with Crippen molar-refractivity contribution >= 4 is 39.5 Å². The van der Waals surface area contributed by atoms with Crippen molar-refractivity contribution in [1.29, 1.82) is 0 Å². The van der Waals surface area contributed by atoms with Gasteiger partial charge in [-0.2, -0.15) is 0 Å². The van der Waals surface area contributed by atoms with Crippen LogP contribution in [-0.4, -0.2) is 96.7 Å². The van der Waals surface area contributed by atoms with Crippen LogP contribution in [0.1, 0.15) is 338 Å². The fourth-order valence-corrected chi connectivity index (χ4v) is 11.9. The SMILES string of the molecule is CCC(C)CCCCCCCCC(=O)OC[C@H](COP(=O)(O)OC[C@H](O)COP(=O)(O)OC[C@@H](COC(=O)CCCCCCCCCCCCC(C)C)OC(=O)CCCCCCCCC(C)C)OC(=O)CCCCCCCCCCCCCCCC(C)C. The molecule has 3 unspecified atom stereocenters. The number of carbonyl (C=O) groups excluding carboxylic acids is 4. The van der Waals surface area contributed by atoms with E-state index in [4.69, 9.17) is 37.0 Å². The van der Waals surface area contributed by atoms with Gasteiger partial charge >= 0.3 is 39.5 Å². The summed E-state index contributed by atoms with van der Waals surface area (Å²) in [4.78, 5) is 72.4. The Morgan fingerprint density at radius 2 is 0.545 bits per heavy atom. The van der Waals surface area contributed by atoms with Gasteiger partial charge in [0.2, 0.25) is 0 Å². The largest absolute Gasteiger partial charge is 0.472 e. The van der Waals surface area contributed by atoms with E-state index in [0.29, 0.717) is 31.6 Å². The molecule has 0 saturated heterocycles. The summed E-state index contributed by atoms with van der Waals surface area (Å²) in [5.41, 5.74) is 0. The van der Waals surface area contributed by atoms with Gasteiger partial charge in [0.25, 0.3) is 0 Å². The zero-order valence-corrected chi connectivity index (χ0v) is 59.1. The molecule has 0 aliphatic carbocycles. The number of carbonyl (C=O) groups is 4. The lowest BCUT2D eigenvalue weighted by Gasteiger charge is -2.21. The molecule has 0 amide bonds. The van der Waals surface area contributed by atoms with Crippen LogP contribution in [0.4, 0.5) is 0 Å². The monoisotopic (exact) mass is 1300 g/mol. The third-order valence-electron chi connectivity index (χ3n) is 16.2. The Balaban J connectivity index is 5.22. The number of unbranched alkanes of at least 4 members (excludes halogenated alkanes) is 31. The predicted octanol–water partition coefficient (Wildman–Crippen LogP) is 19.3. The second-order valence-electron chi connectivity index (χ2n) is 26.6. The normalized spacial score (nSPS) is 14.6. The maximum Gasteiger partial charge on any atom is 0.472 e. The number of hydrogen-bond donors (Lipinski definition) is 3. The summed E-state index contributed by atoms with van der Waals surface area (Å²) in [6, 6.07) is 0. The lowest BCUT2D eigenvalue weighted by molar-refractivity contribution is -0.161. The van der Waals surface area contributed by atoms with E-state index in [0.717, 1.165) is 114 Å². The van der Waals surface area contributed by atoms with Crippen molar-refractivity contribution in [3.63, 3.8) is 0 Å². The van der Waals surface area contributed by atoms with Crippen LogP contribution in [0, 0.1) is 23.7 Å². The van der Waals surface area contributed by atoms with Gasteiger partial charge in [-0.05, 0) is 49.4 Å². The third-order valence-corrected chi connectivity index (χ3v) is 18.1. The number of hydrogen-bond acceptors (Lipinski definition) is 15. The van der Waals surface area contributed by atoms with Crippen molar-refractivity contribution in [2.24, 2.45) is 23.7 Å². The molecule has 0 aromatic carbocycles. The van der Waals surface area contributed by atoms with Gasteiger partial charge in [0.1, 0.15) is 19.3 Å². The lowest BCUT2D eigenvalue weighted by Crippen LogP contribution is -2.30. The molecule has 0 bridgehead atoms. The molecule has 6 atom stereocenters. The van der Waals surface area contributed by atoms with E-state index >= 15 is 0 Å². The predicted molar refractivity (Wildman–Crippen MR) is 354 cm³/mol. The van der Waals surface area contributed by atoms with Gasteiger partial charge in [0, 0.05) is 25.7 Å². The summed E-state index contributed by atoms with van der Waals surface area (Å²) in [7, 11) is -9.90. The Kier molecular flexibility index (Phi) is 57.6. The van der Waals surface area contributed by atoms with E-state index in [1.165, 1.54) is 135 Å². The number of phosphoric acid groups is 2. The Morgan fingerprint density at radius 1 is 0.318 bits per heavy atom. The topological polar surface area (TPSA) is 237 Å². The maximum atomic E-state index is 13.0. The van der Waals surface area contributed by atoms with Crippen LogP contribution in [0.15, 0.2) is 0 Å². The summed E-state index contributed by atoms with van der Waals surface area (Å²) in [6.45, 7) is 14.0. The van der Waals surface area contributed by atoms with Crippen molar-refractivity contribution in [3.05, 3.63) is 0 Å². The highest BCUT2D eigenvalue weighted by Crippen LogP contribution is 2.45. The van der Waals surface area contributed by atoms with Crippen LogP contribution in [0.3, 0.4) is 0 Å². The first kappa shape index (κ1) is 86.1. The van der Waals surface area contributed by atoms with Crippen LogP contribution in [0.25, 0.3) is 0 Å². The molecule has 17 nitrogen and oxygen atoms in total. The molecule has 0 aliphatic rings. The minimum Gasteiger partial charge on any atom is -0.462 e. The number of rotatable bonds is 66. The number of phosphoric ester groups is 2. The van der Waals surface area contributed by atoms with Gasteiger partial charge in [0.15, 0.2) is 12.2 Å². The summed E-state index contributed by atoms with van der Waals surface area (Å²) >= 11 is 0. The maximum absolute atomic E-state index is 13.0. The molecule has 19 heteroatoms. The van der Waals surface area contributed by atoms with Crippen molar-refractivity contribution in [2.75, 3.05) is 39.6 Å². The Hall–Kier alpha value is -1.94. The smallest absolute Gasteiger partial charge is 0.462 e. The first-order chi connectivity index (χ1) is 42.1. The lowest BCUT2D eigenvalue weighted by atomic mass is 10.00. The van der Waals surface area contributed by atoms with Crippen LogP contribution >= 0.6 is 15.6 Å². The number of aliphatic hydroxyl groups is 1. The van der Waals surface area contributed by atoms with E-state index in [-0.39, 0.29) is 25.7 Å². The van der Waals surface area contributed by atoms with E-state index in [9.17, 15) is 43.2 Å². The van der Waals surface area contributed by atoms with Gasteiger partial charge in [-0.25, -0.2) is 9.13 Å². The van der Waals surface area contributed by atoms with Crippen molar-refractivity contribution in [3.8, 4) is 0 Å². The highest BCUT2D eigenvalue weighted by molar-refractivity contribution is 7.47. The van der Waals surface area contributed by atoms with Gasteiger partial charge in [-0.15, -0.1) is 0 Å². The molecule has 0 saturated carbocycles.